The van der Waals surface area contributed by atoms with E-state index >= 15 is 0 Å². The molecule has 0 spiro atoms. The molecule has 16 heavy (non-hydrogen) atoms. The third-order valence-corrected chi connectivity index (χ3v) is 3.16. The Labute approximate surface area is 99.9 Å². The van der Waals surface area contributed by atoms with Crippen LogP contribution >= 0.6 is 11.6 Å². The highest BCUT2D eigenvalue weighted by molar-refractivity contribution is 6.30. The van der Waals surface area contributed by atoms with Gasteiger partial charge in [-0.3, -0.25) is 0 Å². The van der Waals surface area contributed by atoms with Gasteiger partial charge in [0.05, 0.1) is 11.6 Å². The van der Waals surface area contributed by atoms with Crippen LogP contribution in [0.2, 0.25) is 5.15 Å². The minimum Gasteiger partial charge on any atom is -0.389 e. The van der Waals surface area contributed by atoms with Crippen molar-refractivity contribution in [3.63, 3.8) is 0 Å². The van der Waals surface area contributed by atoms with Gasteiger partial charge in [0.15, 0.2) is 0 Å². The second-order valence-electron chi connectivity index (χ2n) is 4.17. The number of halogens is 1. The molecule has 1 N–H and O–H groups in total. The Morgan fingerprint density at radius 2 is 1.81 bits per heavy atom. The van der Waals surface area contributed by atoms with E-state index in [0.717, 1.165) is 10.9 Å². The summed E-state index contributed by atoms with van der Waals surface area (Å²) in [6, 6.07) is 5.99. The van der Waals surface area contributed by atoms with Crippen molar-refractivity contribution >= 4 is 22.5 Å². The summed E-state index contributed by atoms with van der Waals surface area (Å²) in [5.41, 5.74) is 3.96. The standard InChI is InChI=1S/C13H14ClNO/c1-7-4-10-6-11(9(3)16)13(14)15-12(10)5-8(7)2/h4-6,9,16H,1-3H3/t9-/m1/s1. The van der Waals surface area contributed by atoms with Crippen LogP contribution in [0, 0.1) is 13.8 Å². The van der Waals surface area contributed by atoms with Crippen molar-refractivity contribution in [1.29, 1.82) is 0 Å². The molecule has 0 aliphatic rings. The molecule has 1 heterocycles. The molecular formula is C13H14ClNO. The normalized spacial score (nSPS) is 13.1. The van der Waals surface area contributed by atoms with Crippen molar-refractivity contribution < 1.29 is 5.11 Å². The van der Waals surface area contributed by atoms with Gasteiger partial charge in [0, 0.05) is 10.9 Å². The first-order valence-electron chi connectivity index (χ1n) is 5.24. The molecule has 2 nitrogen and oxygen atoms in total. The minimum absolute atomic E-state index is 0.380. The van der Waals surface area contributed by atoms with Crippen LogP contribution in [0.1, 0.15) is 29.7 Å². The van der Waals surface area contributed by atoms with Crippen molar-refractivity contribution in [2.75, 3.05) is 0 Å². The summed E-state index contributed by atoms with van der Waals surface area (Å²) >= 11 is 6.02. The lowest BCUT2D eigenvalue weighted by molar-refractivity contribution is 0.199. The third kappa shape index (κ3) is 1.91. The van der Waals surface area contributed by atoms with Crippen molar-refractivity contribution in [1.82, 2.24) is 4.98 Å². The maximum Gasteiger partial charge on any atom is 0.135 e. The van der Waals surface area contributed by atoms with Crippen LogP contribution in [-0.4, -0.2) is 10.1 Å². The fourth-order valence-corrected chi connectivity index (χ4v) is 2.03. The Balaban J connectivity index is 2.74. The predicted octanol–water partition coefficient (Wildman–Crippen LogP) is 3.56. The van der Waals surface area contributed by atoms with Crippen LogP contribution in [0.4, 0.5) is 0 Å². The molecule has 0 aliphatic heterocycles. The molecule has 0 unspecified atom stereocenters. The first kappa shape index (κ1) is 11.4. The Hall–Kier alpha value is -1.12. The Bertz CT molecular complexity index is 549. The average Bonchev–Trinajstić information content (AvgIpc) is 2.19. The lowest BCUT2D eigenvalue weighted by atomic mass is 10.0. The van der Waals surface area contributed by atoms with Crippen LogP contribution in [0.3, 0.4) is 0 Å². The first-order chi connectivity index (χ1) is 7.49. The summed E-state index contributed by atoms with van der Waals surface area (Å²) in [6.45, 7) is 5.80. The van der Waals surface area contributed by atoms with E-state index in [2.05, 4.69) is 18.0 Å². The number of nitrogens with zero attached hydrogens (tertiary/aromatic N) is 1. The second-order valence-corrected chi connectivity index (χ2v) is 4.53. The highest BCUT2D eigenvalue weighted by atomic mass is 35.5. The topological polar surface area (TPSA) is 33.1 Å². The number of benzene rings is 1. The van der Waals surface area contributed by atoms with Crippen LogP contribution in [-0.2, 0) is 0 Å². The highest BCUT2D eigenvalue weighted by Crippen LogP contribution is 2.27. The maximum atomic E-state index is 9.56. The van der Waals surface area contributed by atoms with Gasteiger partial charge in [-0.05, 0) is 50.1 Å². The molecule has 1 aromatic carbocycles. The number of pyridine rings is 1. The number of rotatable bonds is 1. The predicted molar refractivity (Wildman–Crippen MR) is 66.9 cm³/mol. The molecule has 0 saturated carbocycles. The monoisotopic (exact) mass is 235 g/mol. The van der Waals surface area contributed by atoms with Crippen LogP contribution in [0.5, 0.6) is 0 Å². The molecule has 2 rings (SSSR count). The van der Waals surface area contributed by atoms with Crippen molar-refractivity contribution in [3.05, 3.63) is 40.0 Å². The molecule has 0 saturated heterocycles. The SMILES string of the molecule is Cc1cc2cc([C@@H](C)O)c(Cl)nc2cc1C. The largest absolute Gasteiger partial charge is 0.389 e. The minimum atomic E-state index is -0.592. The number of aromatic nitrogens is 1. The van der Waals surface area contributed by atoms with Gasteiger partial charge in [-0.25, -0.2) is 4.98 Å². The number of hydrogen-bond acceptors (Lipinski definition) is 2. The number of hydrogen-bond donors (Lipinski definition) is 1. The zero-order valence-electron chi connectivity index (χ0n) is 9.58. The number of aliphatic hydroxyl groups is 1. The maximum absolute atomic E-state index is 9.56. The van der Waals surface area contributed by atoms with Gasteiger partial charge in [0.25, 0.3) is 0 Å². The number of fused-ring (bicyclic) bond motifs is 1. The zero-order chi connectivity index (χ0) is 11.9. The highest BCUT2D eigenvalue weighted by Gasteiger charge is 2.10. The molecule has 1 aromatic heterocycles. The fraction of sp³-hybridized carbons (Fsp3) is 0.308. The molecule has 3 heteroatoms. The molecule has 0 amide bonds. The molecule has 84 valence electrons. The van der Waals surface area contributed by atoms with E-state index in [-0.39, 0.29) is 0 Å². The van der Waals surface area contributed by atoms with Gasteiger partial charge < -0.3 is 5.11 Å². The quantitative estimate of drug-likeness (QED) is 0.767. The lowest BCUT2D eigenvalue weighted by Gasteiger charge is -2.10. The fourth-order valence-electron chi connectivity index (χ4n) is 1.73. The lowest BCUT2D eigenvalue weighted by Crippen LogP contribution is -1.96. The van der Waals surface area contributed by atoms with Crippen molar-refractivity contribution in [2.24, 2.45) is 0 Å². The zero-order valence-corrected chi connectivity index (χ0v) is 10.3. The van der Waals surface area contributed by atoms with E-state index in [4.69, 9.17) is 11.6 Å². The van der Waals surface area contributed by atoms with Gasteiger partial charge in [-0.15, -0.1) is 0 Å². The molecule has 2 aromatic rings. The van der Waals surface area contributed by atoms with Gasteiger partial charge >= 0.3 is 0 Å². The Morgan fingerprint density at radius 3 is 2.44 bits per heavy atom. The summed E-state index contributed by atoms with van der Waals surface area (Å²) < 4.78 is 0. The summed E-state index contributed by atoms with van der Waals surface area (Å²) in [7, 11) is 0. The van der Waals surface area contributed by atoms with Gasteiger partial charge in [0.1, 0.15) is 5.15 Å². The van der Waals surface area contributed by atoms with Crippen molar-refractivity contribution in [3.8, 4) is 0 Å². The summed E-state index contributed by atoms with van der Waals surface area (Å²) in [5, 5.41) is 11.0. The van der Waals surface area contributed by atoms with E-state index in [0.29, 0.717) is 10.7 Å². The summed E-state index contributed by atoms with van der Waals surface area (Å²) in [5.74, 6) is 0. The van der Waals surface area contributed by atoms with E-state index in [9.17, 15) is 5.11 Å². The third-order valence-electron chi connectivity index (χ3n) is 2.86. The van der Waals surface area contributed by atoms with Crippen LogP contribution < -0.4 is 0 Å². The van der Waals surface area contributed by atoms with Crippen LogP contribution in [0.25, 0.3) is 10.9 Å². The van der Waals surface area contributed by atoms with Gasteiger partial charge in [-0.2, -0.15) is 0 Å². The number of aryl methyl sites for hydroxylation is 2. The molecule has 0 bridgehead atoms. The Kier molecular flexibility index (Phi) is 2.87. The smallest absolute Gasteiger partial charge is 0.135 e. The molecular weight excluding hydrogens is 222 g/mol. The van der Waals surface area contributed by atoms with E-state index in [1.807, 2.05) is 19.1 Å². The van der Waals surface area contributed by atoms with Gasteiger partial charge in [-0.1, -0.05) is 11.6 Å². The summed E-state index contributed by atoms with van der Waals surface area (Å²) in [6.07, 6.45) is -0.592. The first-order valence-corrected chi connectivity index (χ1v) is 5.62. The number of aliphatic hydroxyl groups excluding tert-OH is 1. The molecule has 0 aliphatic carbocycles. The van der Waals surface area contributed by atoms with E-state index in [1.54, 1.807) is 6.92 Å². The van der Waals surface area contributed by atoms with E-state index in [1.165, 1.54) is 11.1 Å². The molecule has 1 atom stereocenters. The average molecular weight is 236 g/mol. The second kappa shape index (κ2) is 4.04. The summed E-state index contributed by atoms with van der Waals surface area (Å²) in [4.78, 5) is 4.30. The van der Waals surface area contributed by atoms with E-state index < -0.39 is 6.10 Å². The van der Waals surface area contributed by atoms with Gasteiger partial charge in [0.2, 0.25) is 0 Å². The Morgan fingerprint density at radius 1 is 1.19 bits per heavy atom. The molecule has 0 fully saturated rings. The van der Waals surface area contributed by atoms with Crippen molar-refractivity contribution in [2.45, 2.75) is 26.9 Å². The van der Waals surface area contributed by atoms with Crippen LogP contribution in [0.15, 0.2) is 18.2 Å². The molecule has 0 radical (unpaired) electrons.